The fourth-order valence-corrected chi connectivity index (χ4v) is 3.60. The van der Waals surface area contributed by atoms with Crippen LogP contribution in [0.4, 0.5) is 5.69 Å². The van der Waals surface area contributed by atoms with Crippen molar-refractivity contribution in [1.29, 1.82) is 0 Å². The monoisotopic (exact) mass is 397 g/mol. The predicted octanol–water partition coefficient (Wildman–Crippen LogP) is 1.41. The molecule has 0 aliphatic carbocycles. The van der Waals surface area contributed by atoms with Crippen molar-refractivity contribution in [2.75, 3.05) is 38.2 Å². The van der Waals surface area contributed by atoms with Crippen LogP contribution in [0.1, 0.15) is 31.8 Å². The Hall–Kier alpha value is -2.97. The number of hydrogen-bond donors (Lipinski definition) is 1. The standard InChI is InChI=1S/C21H23N3O5/c1-14-4-5-24(7-6-23-8-10-28-11-9-23)20(26)18(14)19(25)22-16-2-3-17-15(12-16)13-29-21(17)27/h2-5,12H,6-11,13H2,1H3,(H,22,25). The van der Waals surface area contributed by atoms with E-state index < -0.39 is 5.91 Å². The molecule has 8 heteroatoms. The summed E-state index contributed by atoms with van der Waals surface area (Å²) in [6.07, 6.45) is 1.73. The van der Waals surface area contributed by atoms with E-state index in [2.05, 4.69) is 10.2 Å². The van der Waals surface area contributed by atoms with Gasteiger partial charge in [0.1, 0.15) is 12.2 Å². The van der Waals surface area contributed by atoms with E-state index in [1.54, 1.807) is 42.0 Å². The van der Waals surface area contributed by atoms with Crippen LogP contribution in [-0.4, -0.2) is 54.2 Å². The molecule has 1 saturated heterocycles. The maximum atomic E-state index is 12.9. The number of cyclic esters (lactones) is 1. The molecule has 2 aromatic rings. The molecule has 3 heterocycles. The number of carbonyl (C=O) groups is 2. The van der Waals surface area contributed by atoms with Crippen molar-refractivity contribution in [1.82, 2.24) is 9.47 Å². The number of ether oxygens (including phenoxy) is 2. The van der Waals surface area contributed by atoms with Gasteiger partial charge in [-0.3, -0.25) is 14.5 Å². The van der Waals surface area contributed by atoms with Crippen LogP contribution in [0, 0.1) is 6.92 Å². The smallest absolute Gasteiger partial charge is 0.338 e. The number of morpholine rings is 1. The van der Waals surface area contributed by atoms with Gasteiger partial charge in [-0.05, 0) is 36.8 Å². The van der Waals surface area contributed by atoms with Gasteiger partial charge in [0.25, 0.3) is 11.5 Å². The van der Waals surface area contributed by atoms with E-state index in [0.29, 0.717) is 36.6 Å². The van der Waals surface area contributed by atoms with Crippen molar-refractivity contribution in [2.45, 2.75) is 20.1 Å². The van der Waals surface area contributed by atoms with Gasteiger partial charge in [0.05, 0.1) is 18.8 Å². The molecule has 1 aromatic carbocycles. The first-order valence-electron chi connectivity index (χ1n) is 9.64. The lowest BCUT2D eigenvalue weighted by atomic mass is 10.1. The fourth-order valence-electron chi connectivity index (χ4n) is 3.60. The van der Waals surface area contributed by atoms with Gasteiger partial charge < -0.3 is 19.4 Å². The highest BCUT2D eigenvalue weighted by molar-refractivity contribution is 6.05. The molecule has 0 spiro atoms. The Labute approximate surface area is 168 Å². The van der Waals surface area contributed by atoms with Crippen molar-refractivity contribution < 1.29 is 19.1 Å². The molecule has 2 aliphatic heterocycles. The summed E-state index contributed by atoms with van der Waals surface area (Å²) in [6.45, 7) is 6.27. The van der Waals surface area contributed by atoms with Crippen molar-refractivity contribution in [3.8, 4) is 0 Å². The van der Waals surface area contributed by atoms with Crippen LogP contribution in [0.2, 0.25) is 0 Å². The second kappa shape index (κ2) is 8.18. The molecule has 8 nitrogen and oxygen atoms in total. The molecule has 152 valence electrons. The molecule has 1 amide bonds. The van der Waals surface area contributed by atoms with Crippen molar-refractivity contribution in [3.05, 3.63) is 63.1 Å². The zero-order chi connectivity index (χ0) is 20.4. The molecule has 1 aromatic heterocycles. The molecule has 2 aliphatic rings. The van der Waals surface area contributed by atoms with Gasteiger partial charge in [0.2, 0.25) is 0 Å². The van der Waals surface area contributed by atoms with E-state index in [0.717, 1.165) is 25.2 Å². The van der Waals surface area contributed by atoms with Crippen LogP contribution in [0.3, 0.4) is 0 Å². The number of rotatable bonds is 5. The molecule has 29 heavy (non-hydrogen) atoms. The summed E-state index contributed by atoms with van der Waals surface area (Å²) < 4.78 is 11.9. The van der Waals surface area contributed by atoms with Crippen LogP contribution >= 0.6 is 0 Å². The van der Waals surface area contributed by atoms with Crippen molar-refractivity contribution in [2.24, 2.45) is 0 Å². The summed E-state index contributed by atoms with van der Waals surface area (Å²) in [7, 11) is 0. The molecule has 4 rings (SSSR count). The number of fused-ring (bicyclic) bond motifs is 1. The third-order valence-corrected chi connectivity index (χ3v) is 5.30. The van der Waals surface area contributed by atoms with Gasteiger partial charge >= 0.3 is 5.97 Å². The highest BCUT2D eigenvalue weighted by Crippen LogP contribution is 2.23. The summed E-state index contributed by atoms with van der Waals surface area (Å²) in [5, 5.41) is 2.77. The molecular weight excluding hydrogens is 374 g/mol. The minimum Gasteiger partial charge on any atom is -0.457 e. The topological polar surface area (TPSA) is 89.9 Å². The number of aromatic nitrogens is 1. The highest BCUT2D eigenvalue weighted by Gasteiger charge is 2.22. The number of benzene rings is 1. The number of nitrogens with one attached hydrogen (secondary N) is 1. The lowest BCUT2D eigenvalue weighted by Crippen LogP contribution is -2.40. The van der Waals surface area contributed by atoms with Crippen LogP contribution in [0.25, 0.3) is 0 Å². The van der Waals surface area contributed by atoms with Crippen LogP contribution in [0.5, 0.6) is 0 Å². The second-order valence-electron chi connectivity index (χ2n) is 7.23. The Morgan fingerprint density at radius 1 is 1.14 bits per heavy atom. The average molecular weight is 397 g/mol. The van der Waals surface area contributed by atoms with E-state index >= 15 is 0 Å². The number of carbonyl (C=O) groups excluding carboxylic acids is 2. The van der Waals surface area contributed by atoms with Gasteiger partial charge in [-0.15, -0.1) is 0 Å². The predicted molar refractivity (Wildman–Crippen MR) is 106 cm³/mol. The Bertz CT molecular complexity index is 1010. The van der Waals surface area contributed by atoms with Gasteiger partial charge in [-0.25, -0.2) is 4.79 Å². The highest BCUT2D eigenvalue weighted by atomic mass is 16.5. The molecule has 0 unspecified atom stereocenters. The molecule has 1 N–H and O–H groups in total. The Morgan fingerprint density at radius 3 is 2.72 bits per heavy atom. The normalized spacial score (nSPS) is 16.4. The summed E-state index contributed by atoms with van der Waals surface area (Å²) in [5.74, 6) is -0.821. The largest absolute Gasteiger partial charge is 0.457 e. The van der Waals surface area contributed by atoms with Crippen LogP contribution in [-0.2, 0) is 22.6 Å². The van der Waals surface area contributed by atoms with E-state index in [1.165, 1.54) is 0 Å². The third-order valence-electron chi connectivity index (χ3n) is 5.30. The molecular formula is C21H23N3O5. The summed E-state index contributed by atoms with van der Waals surface area (Å²) in [4.78, 5) is 39.5. The van der Waals surface area contributed by atoms with Crippen molar-refractivity contribution in [3.63, 3.8) is 0 Å². The van der Waals surface area contributed by atoms with Gasteiger partial charge in [-0.1, -0.05) is 0 Å². The molecule has 0 radical (unpaired) electrons. The fraction of sp³-hybridized carbons (Fsp3) is 0.381. The number of aryl methyl sites for hydroxylation is 1. The first-order valence-corrected chi connectivity index (χ1v) is 9.64. The number of nitrogens with zero attached hydrogens (tertiary/aromatic N) is 2. The van der Waals surface area contributed by atoms with Gasteiger partial charge in [-0.2, -0.15) is 0 Å². The molecule has 1 fully saturated rings. The lowest BCUT2D eigenvalue weighted by molar-refractivity contribution is 0.0362. The van der Waals surface area contributed by atoms with Gasteiger partial charge in [0, 0.05) is 43.6 Å². The summed E-state index contributed by atoms with van der Waals surface area (Å²) >= 11 is 0. The lowest BCUT2D eigenvalue weighted by Gasteiger charge is -2.26. The summed E-state index contributed by atoms with van der Waals surface area (Å²) in [5.41, 5.74) is 2.19. The minimum absolute atomic E-state index is 0.127. The third kappa shape index (κ3) is 4.08. The minimum atomic E-state index is -0.460. The average Bonchev–Trinajstić information content (AvgIpc) is 3.08. The quantitative estimate of drug-likeness (QED) is 0.768. The molecule has 0 saturated carbocycles. The summed E-state index contributed by atoms with van der Waals surface area (Å²) in [6, 6.07) is 6.75. The number of hydrogen-bond acceptors (Lipinski definition) is 6. The van der Waals surface area contributed by atoms with E-state index in [9.17, 15) is 14.4 Å². The van der Waals surface area contributed by atoms with E-state index in [-0.39, 0.29) is 23.7 Å². The Morgan fingerprint density at radius 2 is 1.93 bits per heavy atom. The van der Waals surface area contributed by atoms with Crippen LogP contribution < -0.4 is 10.9 Å². The maximum Gasteiger partial charge on any atom is 0.338 e. The SMILES string of the molecule is Cc1ccn(CCN2CCOCC2)c(=O)c1C(=O)Nc1ccc2c(c1)COC2=O. The van der Waals surface area contributed by atoms with E-state index in [1.807, 2.05) is 0 Å². The van der Waals surface area contributed by atoms with Crippen molar-refractivity contribution >= 4 is 17.6 Å². The second-order valence-corrected chi connectivity index (χ2v) is 7.23. The zero-order valence-electron chi connectivity index (χ0n) is 16.3. The zero-order valence-corrected chi connectivity index (χ0v) is 16.3. The molecule has 0 atom stereocenters. The van der Waals surface area contributed by atoms with Gasteiger partial charge in [0.15, 0.2) is 0 Å². The number of esters is 1. The van der Waals surface area contributed by atoms with E-state index in [4.69, 9.17) is 9.47 Å². The first-order chi connectivity index (χ1) is 14.0. The first kappa shape index (κ1) is 19.4. The number of anilines is 1. The number of pyridine rings is 1. The number of amides is 1. The Kier molecular flexibility index (Phi) is 5.46. The van der Waals surface area contributed by atoms with Crippen LogP contribution in [0.15, 0.2) is 35.3 Å². The molecule has 0 bridgehead atoms. The maximum absolute atomic E-state index is 12.9. The Balaban J connectivity index is 1.50.